The Kier molecular flexibility index (Phi) is 5.71. The van der Waals surface area contributed by atoms with E-state index in [1.54, 1.807) is 4.31 Å². The molecule has 0 aliphatic carbocycles. The summed E-state index contributed by atoms with van der Waals surface area (Å²) in [5, 5.41) is 0.655. The van der Waals surface area contributed by atoms with Crippen LogP contribution in [0.25, 0.3) is 0 Å². The molecule has 7 heteroatoms. The standard InChI is InChI=1S/C18H25ClN2O3S/c1-25(23,24)21-9-6-15(7-10-21)16-5-8-20(13-16)18(22)12-14-3-2-4-17(19)11-14/h2-4,11,15-16H,5-10,12-13H2,1H3. The number of piperidine rings is 1. The quantitative estimate of drug-likeness (QED) is 0.800. The third-order valence-corrected chi connectivity index (χ3v) is 6.99. The van der Waals surface area contributed by atoms with E-state index in [1.807, 2.05) is 29.2 Å². The topological polar surface area (TPSA) is 57.7 Å². The van der Waals surface area contributed by atoms with Crippen LogP contribution in [0, 0.1) is 11.8 Å². The normalized spacial score (nSPS) is 23.1. The zero-order valence-corrected chi connectivity index (χ0v) is 16.1. The molecule has 2 fully saturated rings. The van der Waals surface area contributed by atoms with E-state index in [-0.39, 0.29) is 5.91 Å². The summed E-state index contributed by atoms with van der Waals surface area (Å²) in [6, 6.07) is 7.45. The third kappa shape index (κ3) is 4.74. The van der Waals surface area contributed by atoms with Gasteiger partial charge in [-0.3, -0.25) is 4.79 Å². The van der Waals surface area contributed by atoms with E-state index in [1.165, 1.54) is 6.26 Å². The first-order valence-corrected chi connectivity index (χ1v) is 11.0. The fraction of sp³-hybridized carbons (Fsp3) is 0.611. The number of halogens is 1. The number of nitrogens with zero attached hydrogens (tertiary/aromatic N) is 2. The first kappa shape index (κ1) is 18.7. The number of carbonyl (C=O) groups is 1. The number of rotatable bonds is 4. The minimum absolute atomic E-state index is 0.151. The predicted octanol–water partition coefficient (Wildman–Crippen LogP) is 2.40. The van der Waals surface area contributed by atoms with Crippen molar-refractivity contribution in [3.05, 3.63) is 34.9 Å². The van der Waals surface area contributed by atoms with Crippen LogP contribution in [0.5, 0.6) is 0 Å². The van der Waals surface area contributed by atoms with Gasteiger partial charge in [0.1, 0.15) is 0 Å². The molecule has 0 saturated carbocycles. The highest BCUT2D eigenvalue weighted by molar-refractivity contribution is 7.88. The molecule has 1 aromatic rings. The summed E-state index contributed by atoms with van der Waals surface area (Å²) in [6.07, 6.45) is 4.48. The van der Waals surface area contributed by atoms with Gasteiger partial charge in [-0.1, -0.05) is 23.7 Å². The molecule has 1 unspecified atom stereocenters. The first-order chi connectivity index (χ1) is 11.8. The minimum Gasteiger partial charge on any atom is -0.342 e. The molecular formula is C18H25ClN2O3S. The maximum atomic E-state index is 12.5. The van der Waals surface area contributed by atoms with Gasteiger partial charge in [-0.15, -0.1) is 0 Å². The molecule has 2 saturated heterocycles. The zero-order chi connectivity index (χ0) is 18.0. The van der Waals surface area contributed by atoms with Crippen molar-refractivity contribution in [3.63, 3.8) is 0 Å². The SMILES string of the molecule is CS(=O)(=O)N1CCC(C2CCN(C(=O)Cc3cccc(Cl)c3)C2)CC1. The summed E-state index contributed by atoms with van der Waals surface area (Å²) in [5.74, 6) is 1.16. The Hall–Kier alpha value is -1.11. The summed E-state index contributed by atoms with van der Waals surface area (Å²) in [5.41, 5.74) is 0.947. The maximum absolute atomic E-state index is 12.5. The second kappa shape index (κ2) is 7.64. The second-order valence-electron chi connectivity index (χ2n) is 7.19. The zero-order valence-electron chi connectivity index (χ0n) is 14.5. The lowest BCUT2D eigenvalue weighted by molar-refractivity contribution is -0.129. The molecule has 0 radical (unpaired) electrons. The van der Waals surface area contributed by atoms with E-state index in [2.05, 4.69) is 0 Å². The van der Waals surface area contributed by atoms with Gasteiger partial charge >= 0.3 is 0 Å². The maximum Gasteiger partial charge on any atom is 0.226 e. The molecule has 0 N–H and O–H groups in total. The Morgan fingerprint density at radius 1 is 1.16 bits per heavy atom. The number of benzene rings is 1. The number of sulfonamides is 1. The molecule has 2 aliphatic rings. The number of hydrogen-bond donors (Lipinski definition) is 0. The number of amides is 1. The van der Waals surface area contributed by atoms with Crippen LogP contribution in [0.15, 0.2) is 24.3 Å². The average molecular weight is 385 g/mol. The van der Waals surface area contributed by atoms with Crippen molar-refractivity contribution >= 4 is 27.5 Å². The smallest absolute Gasteiger partial charge is 0.226 e. The Balaban J connectivity index is 1.51. The fourth-order valence-corrected chi connectivity index (χ4v) is 5.10. The fourth-order valence-electron chi connectivity index (χ4n) is 4.01. The molecule has 3 rings (SSSR count). The molecule has 25 heavy (non-hydrogen) atoms. The van der Waals surface area contributed by atoms with Crippen molar-refractivity contribution in [1.29, 1.82) is 0 Å². The Morgan fingerprint density at radius 3 is 2.48 bits per heavy atom. The van der Waals surface area contributed by atoms with Crippen LogP contribution in [-0.2, 0) is 21.2 Å². The number of carbonyl (C=O) groups excluding carboxylic acids is 1. The van der Waals surface area contributed by atoms with Gasteiger partial charge in [0, 0.05) is 31.2 Å². The van der Waals surface area contributed by atoms with Crippen LogP contribution in [0.4, 0.5) is 0 Å². The van der Waals surface area contributed by atoms with Crippen molar-refractivity contribution in [1.82, 2.24) is 9.21 Å². The van der Waals surface area contributed by atoms with E-state index >= 15 is 0 Å². The minimum atomic E-state index is -3.08. The van der Waals surface area contributed by atoms with Crippen molar-refractivity contribution in [3.8, 4) is 0 Å². The predicted molar refractivity (Wildman–Crippen MR) is 99.0 cm³/mol. The summed E-state index contributed by atoms with van der Waals surface area (Å²) in [7, 11) is -3.08. The summed E-state index contributed by atoms with van der Waals surface area (Å²) in [4.78, 5) is 14.5. The van der Waals surface area contributed by atoms with Crippen molar-refractivity contribution in [2.45, 2.75) is 25.7 Å². The van der Waals surface area contributed by atoms with E-state index in [0.717, 1.165) is 37.9 Å². The highest BCUT2D eigenvalue weighted by atomic mass is 35.5. The van der Waals surface area contributed by atoms with Gasteiger partial charge < -0.3 is 4.90 Å². The summed E-state index contributed by atoms with van der Waals surface area (Å²) < 4.78 is 24.8. The molecule has 138 valence electrons. The van der Waals surface area contributed by atoms with Gasteiger partial charge in [0.15, 0.2) is 0 Å². The van der Waals surface area contributed by atoms with Gasteiger partial charge in [0.2, 0.25) is 15.9 Å². The van der Waals surface area contributed by atoms with Crippen molar-refractivity contribution < 1.29 is 13.2 Å². The van der Waals surface area contributed by atoms with Crippen molar-refractivity contribution in [2.75, 3.05) is 32.4 Å². The van der Waals surface area contributed by atoms with Crippen molar-refractivity contribution in [2.24, 2.45) is 11.8 Å². The number of likely N-dealkylation sites (tertiary alicyclic amines) is 1. The molecule has 2 aliphatic heterocycles. The average Bonchev–Trinajstić information content (AvgIpc) is 3.04. The molecule has 1 atom stereocenters. The highest BCUT2D eigenvalue weighted by Crippen LogP contribution is 2.32. The lowest BCUT2D eigenvalue weighted by atomic mass is 9.84. The van der Waals surface area contributed by atoms with Gasteiger partial charge in [-0.25, -0.2) is 12.7 Å². The molecule has 0 spiro atoms. The molecule has 1 aromatic carbocycles. The van der Waals surface area contributed by atoms with Gasteiger partial charge in [-0.05, 0) is 48.8 Å². The molecular weight excluding hydrogens is 360 g/mol. The Bertz CT molecular complexity index is 730. The summed E-state index contributed by atoms with van der Waals surface area (Å²) >= 11 is 5.98. The molecule has 0 aromatic heterocycles. The highest BCUT2D eigenvalue weighted by Gasteiger charge is 2.35. The number of hydrogen-bond acceptors (Lipinski definition) is 3. The Labute approximate surface area is 155 Å². The third-order valence-electron chi connectivity index (χ3n) is 5.46. The molecule has 5 nitrogen and oxygen atoms in total. The van der Waals surface area contributed by atoms with Crippen LogP contribution >= 0.6 is 11.6 Å². The van der Waals surface area contributed by atoms with E-state index in [0.29, 0.717) is 36.4 Å². The van der Waals surface area contributed by atoms with Crippen LogP contribution in [0.3, 0.4) is 0 Å². The molecule has 0 bridgehead atoms. The van der Waals surface area contributed by atoms with E-state index in [4.69, 9.17) is 11.6 Å². The Morgan fingerprint density at radius 2 is 1.84 bits per heavy atom. The van der Waals surface area contributed by atoms with Crippen LogP contribution in [-0.4, -0.2) is 56.0 Å². The largest absolute Gasteiger partial charge is 0.342 e. The molecule has 1 amide bonds. The second-order valence-corrected chi connectivity index (χ2v) is 9.61. The monoisotopic (exact) mass is 384 g/mol. The lowest BCUT2D eigenvalue weighted by Crippen LogP contribution is -2.40. The van der Waals surface area contributed by atoms with E-state index < -0.39 is 10.0 Å². The van der Waals surface area contributed by atoms with Crippen LogP contribution in [0.2, 0.25) is 5.02 Å². The van der Waals surface area contributed by atoms with Gasteiger partial charge in [0.25, 0.3) is 0 Å². The van der Waals surface area contributed by atoms with E-state index in [9.17, 15) is 13.2 Å². The van der Waals surface area contributed by atoms with Crippen LogP contribution in [0.1, 0.15) is 24.8 Å². The summed E-state index contributed by atoms with van der Waals surface area (Å²) in [6.45, 7) is 2.81. The lowest BCUT2D eigenvalue weighted by Gasteiger charge is -2.33. The van der Waals surface area contributed by atoms with Gasteiger partial charge in [-0.2, -0.15) is 0 Å². The van der Waals surface area contributed by atoms with Crippen LogP contribution < -0.4 is 0 Å². The molecule has 2 heterocycles. The first-order valence-electron chi connectivity index (χ1n) is 8.80. The van der Waals surface area contributed by atoms with Gasteiger partial charge in [0.05, 0.1) is 12.7 Å².